The molecule has 1 aromatic heterocycles. The second kappa shape index (κ2) is 7.28. The van der Waals surface area contributed by atoms with E-state index in [0.29, 0.717) is 6.54 Å². The van der Waals surface area contributed by atoms with Gasteiger partial charge in [0.2, 0.25) is 0 Å². The van der Waals surface area contributed by atoms with Crippen LogP contribution < -0.4 is 10.6 Å². The number of rotatable bonds is 5. The molecule has 0 aliphatic carbocycles. The Morgan fingerprint density at radius 2 is 2.14 bits per heavy atom. The van der Waals surface area contributed by atoms with Crippen LogP contribution in [0.2, 0.25) is 0 Å². The van der Waals surface area contributed by atoms with E-state index in [2.05, 4.69) is 37.6 Å². The molecule has 0 atom stereocenters. The highest BCUT2D eigenvalue weighted by atomic mass is 79.9. The van der Waals surface area contributed by atoms with Gasteiger partial charge in [-0.25, -0.2) is 9.78 Å². The molecule has 0 unspecified atom stereocenters. The third-order valence-electron chi connectivity index (χ3n) is 2.65. The van der Waals surface area contributed by atoms with Gasteiger partial charge < -0.3 is 15.4 Å². The van der Waals surface area contributed by atoms with Gasteiger partial charge in [0, 0.05) is 17.6 Å². The van der Waals surface area contributed by atoms with Crippen LogP contribution in [0, 0.1) is 0 Å². The second-order valence-corrected chi connectivity index (χ2v) is 7.79. The number of thiazole rings is 1. The van der Waals surface area contributed by atoms with Crippen molar-refractivity contribution in [1.29, 1.82) is 0 Å². The smallest absolute Gasteiger partial charge is 0.407 e. The Bertz CT molecular complexity index is 652. The maximum Gasteiger partial charge on any atom is 0.407 e. The average Bonchev–Trinajstić information content (AvgIpc) is 2.78. The lowest BCUT2D eigenvalue weighted by Crippen LogP contribution is -2.33. The van der Waals surface area contributed by atoms with Crippen LogP contribution in [0.1, 0.15) is 27.2 Å². The number of nitrogens with zero attached hydrogens (tertiary/aromatic N) is 1. The van der Waals surface area contributed by atoms with E-state index in [9.17, 15) is 4.79 Å². The summed E-state index contributed by atoms with van der Waals surface area (Å²) < 4.78 is 7.36. The Balaban J connectivity index is 1.71. The molecule has 0 saturated carbocycles. The molecule has 0 spiro atoms. The Labute approximate surface area is 142 Å². The molecule has 2 N–H and O–H groups in total. The van der Waals surface area contributed by atoms with E-state index >= 15 is 0 Å². The maximum atomic E-state index is 11.5. The summed E-state index contributed by atoms with van der Waals surface area (Å²) in [5.41, 5.74) is 0.528. The lowest BCUT2D eigenvalue weighted by Gasteiger charge is -2.19. The molecule has 0 radical (unpaired) electrons. The van der Waals surface area contributed by atoms with Crippen LogP contribution >= 0.6 is 27.3 Å². The Kier molecular flexibility index (Phi) is 5.63. The summed E-state index contributed by atoms with van der Waals surface area (Å²) in [7, 11) is 0. The standard InChI is InChI=1S/C15H20BrN3O2S/c1-15(2,3)21-14(20)18-8-4-7-17-13-19-11-6-5-10(16)9-12(11)22-13/h5-6,9H,4,7-8H2,1-3H3,(H,17,19)(H,18,20). The number of carbonyl (C=O) groups is 1. The highest BCUT2D eigenvalue weighted by Crippen LogP contribution is 2.28. The highest BCUT2D eigenvalue weighted by Gasteiger charge is 2.15. The third kappa shape index (κ3) is 5.46. The zero-order chi connectivity index (χ0) is 16.2. The number of ether oxygens (including phenoxy) is 1. The summed E-state index contributed by atoms with van der Waals surface area (Å²) in [5.74, 6) is 0. The van der Waals surface area contributed by atoms with Crippen molar-refractivity contribution < 1.29 is 9.53 Å². The summed E-state index contributed by atoms with van der Waals surface area (Å²) in [5, 5.41) is 6.90. The van der Waals surface area contributed by atoms with Crippen LogP contribution in [0.4, 0.5) is 9.93 Å². The number of hydrogen-bond acceptors (Lipinski definition) is 5. The molecular formula is C15H20BrN3O2S. The SMILES string of the molecule is CC(C)(C)OC(=O)NCCCNc1nc2ccc(Br)cc2s1. The lowest BCUT2D eigenvalue weighted by atomic mass is 10.2. The molecule has 2 rings (SSSR count). The van der Waals surface area contributed by atoms with Crippen molar-refractivity contribution in [2.24, 2.45) is 0 Å². The number of alkyl carbamates (subject to hydrolysis) is 1. The third-order valence-corrected chi connectivity index (χ3v) is 4.12. The first kappa shape index (κ1) is 17.0. The molecule has 120 valence electrons. The molecule has 7 heteroatoms. The number of hydrogen-bond donors (Lipinski definition) is 2. The van der Waals surface area contributed by atoms with Crippen molar-refractivity contribution in [3.05, 3.63) is 22.7 Å². The molecular weight excluding hydrogens is 366 g/mol. The number of anilines is 1. The minimum Gasteiger partial charge on any atom is -0.444 e. The van der Waals surface area contributed by atoms with E-state index < -0.39 is 5.60 Å². The van der Waals surface area contributed by atoms with Crippen molar-refractivity contribution in [2.75, 3.05) is 18.4 Å². The van der Waals surface area contributed by atoms with Crippen LogP contribution in [-0.4, -0.2) is 29.8 Å². The van der Waals surface area contributed by atoms with E-state index in [1.165, 1.54) is 0 Å². The predicted molar refractivity (Wildman–Crippen MR) is 94.7 cm³/mol. The van der Waals surface area contributed by atoms with Gasteiger partial charge in [0.05, 0.1) is 10.2 Å². The number of amides is 1. The fourth-order valence-electron chi connectivity index (χ4n) is 1.76. The molecule has 1 heterocycles. The summed E-state index contributed by atoms with van der Waals surface area (Å²) >= 11 is 5.07. The number of halogens is 1. The fourth-order valence-corrected chi connectivity index (χ4v) is 3.21. The van der Waals surface area contributed by atoms with Gasteiger partial charge in [-0.3, -0.25) is 0 Å². The van der Waals surface area contributed by atoms with Gasteiger partial charge >= 0.3 is 6.09 Å². The van der Waals surface area contributed by atoms with Gasteiger partial charge in [-0.1, -0.05) is 27.3 Å². The number of aromatic nitrogens is 1. The molecule has 0 saturated heterocycles. The molecule has 2 aromatic rings. The maximum absolute atomic E-state index is 11.5. The number of carbonyl (C=O) groups excluding carboxylic acids is 1. The summed E-state index contributed by atoms with van der Waals surface area (Å²) in [6, 6.07) is 6.03. The van der Waals surface area contributed by atoms with E-state index in [4.69, 9.17) is 4.74 Å². The van der Waals surface area contributed by atoms with Gasteiger partial charge in [-0.2, -0.15) is 0 Å². The average molecular weight is 386 g/mol. The minimum absolute atomic E-state index is 0.377. The van der Waals surface area contributed by atoms with Crippen molar-refractivity contribution >= 4 is 48.7 Å². The van der Waals surface area contributed by atoms with E-state index in [0.717, 1.165) is 32.8 Å². The molecule has 22 heavy (non-hydrogen) atoms. The molecule has 1 amide bonds. The molecule has 1 aromatic carbocycles. The highest BCUT2D eigenvalue weighted by molar-refractivity contribution is 9.10. The summed E-state index contributed by atoms with van der Waals surface area (Å²) in [6.07, 6.45) is 0.427. The minimum atomic E-state index is -0.461. The molecule has 0 aliphatic heterocycles. The second-order valence-electron chi connectivity index (χ2n) is 5.84. The van der Waals surface area contributed by atoms with Crippen LogP contribution in [-0.2, 0) is 4.74 Å². The van der Waals surface area contributed by atoms with Gasteiger partial charge in [0.25, 0.3) is 0 Å². The molecule has 0 bridgehead atoms. The van der Waals surface area contributed by atoms with Crippen molar-refractivity contribution in [1.82, 2.24) is 10.3 Å². The first-order valence-electron chi connectivity index (χ1n) is 7.10. The number of nitrogens with one attached hydrogen (secondary N) is 2. The van der Waals surface area contributed by atoms with Gasteiger partial charge in [0.1, 0.15) is 5.60 Å². The Hall–Kier alpha value is -1.34. The Morgan fingerprint density at radius 1 is 1.36 bits per heavy atom. The molecule has 0 fully saturated rings. The first-order valence-corrected chi connectivity index (χ1v) is 8.71. The van der Waals surface area contributed by atoms with Crippen molar-refractivity contribution in [2.45, 2.75) is 32.8 Å². The van der Waals surface area contributed by atoms with Gasteiger partial charge in [0.15, 0.2) is 5.13 Å². The van der Waals surface area contributed by atoms with Crippen molar-refractivity contribution in [3.63, 3.8) is 0 Å². The first-order chi connectivity index (χ1) is 10.3. The number of benzene rings is 1. The van der Waals surface area contributed by atoms with E-state index in [1.807, 2.05) is 32.9 Å². The van der Waals surface area contributed by atoms with Crippen molar-refractivity contribution in [3.8, 4) is 0 Å². The Morgan fingerprint density at radius 3 is 2.86 bits per heavy atom. The monoisotopic (exact) mass is 385 g/mol. The zero-order valence-corrected chi connectivity index (χ0v) is 15.3. The van der Waals surface area contributed by atoms with Crippen LogP contribution in [0.25, 0.3) is 10.2 Å². The fraction of sp³-hybridized carbons (Fsp3) is 0.467. The van der Waals surface area contributed by atoms with Gasteiger partial charge in [-0.05, 0) is 45.4 Å². The largest absolute Gasteiger partial charge is 0.444 e. The summed E-state index contributed by atoms with van der Waals surface area (Å²) in [4.78, 5) is 16.0. The zero-order valence-electron chi connectivity index (χ0n) is 12.9. The quantitative estimate of drug-likeness (QED) is 0.749. The number of fused-ring (bicyclic) bond motifs is 1. The van der Waals surface area contributed by atoms with E-state index in [-0.39, 0.29) is 6.09 Å². The molecule has 0 aliphatic rings. The van der Waals surface area contributed by atoms with E-state index in [1.54, 1.807) is 11.3 Å². The lowest BCUT2D eigenvalue weighted by molar-refractivity contribution is 0.0528. The normalized spacial score (nSPS) is 11.5. The van der Waals surface area contributed by atoms with Crippen LogP contribution in [0.15, 0.2) is 22.7 Å². The van der Waals surface area contributed by atoms with Crippen LogP contribution in [0.5, 0.6) is 0 Å². The topological polar surface area (TPSA) is 63.2 Å². The predicted octanol–water partition coefficient (Wildman–Crippen LogP) is 4.39. The summed E-state index contributed by atoms with van der Waals surface area (Å²) in [6.45, 7) is 6.86. The molecule has 5 nitrogen and oxygen atoms in total. The van der Waals surface area contributed by atoms with Gasteiger partial charge in [-0.15, -0.1) is 0 Å². The van der Waals surface area contributed by atoms with Crippen LogP contribution in [0.3, 0.4) is 0 Å².